The molecule has 5 heterocycles. The number of carbonyl (C=O) groups is 2. The van der Waals surface area contributed by atoms with Gasteiger partial charge in [0, 0.05) is 39.0 Å². The third kappa shape index (κ3) is 3.10. The number of amides is 2. The van der Waals surface area contributed by atoms with E-state index in [2.05, 4.69) is 4.98 Å². The average Bonchev–Trinajstić information content (AvgIpc) is 2.78. The van der Waals surface area contributed by atoms with E-state index in [1.807, 2.05) is 46.4 Å². The van der Waals surface area contributed by atoms with Crippen molar-refractivity contribution in [3.05, 3.63) is 35.3 Å². The maximum atomic E-state index is 13.4. The van der Waals surface area contributed by atoms with Crippen LogP contribution in [0, 0.1) is 19.8 Å². The molecule has 2 atom stereocenters. The van der Waals surface area contributed by atoms with Gasteiger partial charge >= 0.3 is 0 Å². The third-order valence-electron chi connectivity index (χ3n) is 5.78. The Labute approximate surface area is 158 Å². The van der Waals surface area contributed by atoms with Gasteiger partial charge in [0.25, 0.3) is 5.91 Å². The van der Waals surface area contributed by atoms with Gasteiger partial charge in [-0.15, -0.1) is 0 Å². The summed E-state index contributed by atoms with van der Waals surface area (Å²) < 4.78 is 7.03. The van der Waals surface area contributed by atoms with Crippen molar-refractivity contribution < 1.29 is 14.3 Å². The molecule has 5 rings (SSSR count). The van der Waals surface area contributed by atoms with E-state index in [-0.39, 0.29) is 23.8 Å². The van der Waals surface area contributed by atoms with Gasteiger partial charge in [-0.1, -0.05) is 0 Å². The predicted octanol–water partition coefficient (Wildman–Crippen LogP) is 1.66. The Kier molecular flexibility index (Phi) is 4.63. The highest BCUT2D eigenvalue weighted by atomic mass is 16.5. The molecule has 144 valence electrons. The van der Waals surface area contributed by atoms with E-state index in [4.69, 9.17) is 4.74 Å². The first kappa shape index (κ1) is 18.0. The molecule has 2 amide bonds. The molecule has 0 saturated carbocycles. The molecule has 7 heteroatoms. The fourth-order valence-corrected chi connectivity index (χ4v) is 4.36. The average molecular weight is 370 g/mol. The van der Waals surface area contributed by atoms with Crippen LogP contribution in [0.15, 0.2) is 18.3 Å². The number of methoxy groups -OCH3 is 1. The third-order valence-corrected chi connectivity index (χ3v) is 5.78. The molecule has 0 aromatic carbocycles. The van der Waals surface area contributed by atoms with Crippen molar-refractivity contribution in [1.82, 2.24) is 19.2 Å². The number of aryl methyl sites for hydroxylation is 2. The van der Waals surface area contributed by atoms with E-state index in [0.717, 1.165) is 29.7 Å². The topological polar surface area (TPSA) is 67.2 Å². The van der Waals surface area contributed by atoms with Crippen molar-refractivity contribution in [2.75, 3.05) is 33.4 Å². The number of fused-ring (bicyclic) bond motifs is 5. The summed E-state index contributed by atoms with van der Waals surface area (Å²) in [6, 6.07) is 4.02. The first-order chi connectivity index (χ1) is 13.0. The molecule has 0 N–H and O–H groups in total. The quantitative estimate of drug-likeness (QED) is 0.821. The molecule has 27 heavy (non-hydrogen) atoms. The Morgan fingerprint density at radius 2 is 2.11 bits per heavy atom. The molecule has 3 aliphatic rings. The minimum atomic E-state index is -0.119. The summed E-state index contributed by atoms with van der Waals surface area (Å²) in [5.41, 5.74) is 3.22. The molecule has 2 bridgehead atoms. The van der Waals surface area contributed by atoms with Crippen molar-refractivity contribution in [3.63, 3.8) is 0 Å². The molecular weight excluding hydrogens is 344 g/mol. The number of carbonyl (C=O) groups excluding carboxylic acids is 2. The van der Waals surface area contributed by atoms with E-state index >= 15 is 0 Å². The monoisotopic (exact) mass is 370 g/mol. The standard InChI is InChI=1S/C20H26N4O3/c1-13-6-7-24-17(10-13)21-14(2)18(24)20(26)22-11-15-4-5-16(12-22)23(19(15)25)8-9-27-3/h6-7,10,15-16H,4-5,8-9,11-12H2,1-3H3/t15-,16+/m0/s1. The summed E-state index contributed by atoms with van der Waals surface area (Å²) in [5.74, 6) is -0.00229. The fraction of sp³-hybridized carbons (Fsp3) is 0.550. The molecule has 3 saturated heterocycles. The minimum Gasteiger partial charge on any atom is -0.383 e. The lowest BCUT2D eigenvalue weighted by Crippen LogP contribution is -2.49. The van der Waals surface area contributed by atoms with Crippen molar-refractivity contribution in [2.24, 2.45) is 5.92 Å². The van der Waals surface area contributed by atoms with Gasteiger partial charge in [-0.3, -0.25) is 14.0 Å². The second-order valence-electron chi connectivity index (χ2n) is 7.64. The van der Waals surface area contributed by atoms with Gasteiger partial charge in [-0.25, -0.2) is 4.98 Å². The van der Waals surface area contributed by atoms with Crippen LogP contribution in [0.5, 0.6) is 0 Å². The molecule has 3 aliphatic heterocycles. The lowest BCUT2D eigenvalue weighted by atomic mass is 9.94. The van der Waals surface area contributed by atoms with Crippen molar-refractivity contribution in [1.29, 1.82) is 0 Å². The number of pyridine rings is 1. The van der Waals surface area contributed by atoms with Gasteiger partial charge in [0.15, 0.2) is 0 Å². The maximum absolute atomic E-state index is 13.4. The maximum Gasteiger partial charge on any atom is 0.272 e. The number of hydrogen-bond acceptors (Lipinski definition) is 4. The number of aromatic nitrogens is 2. The fourth-order valence-electron chi connectivity index (χ4n) is 4.36. The molecule has 0 unspecified atom stereocenters. The van der Waals surface area contributed by atoms with Crippen LogP contribution in [0.25, 0.3) is 5.65 Å². The van der Waals surface area contributed by atoms with Crippen molar-refractivity contribution in [3.8, 4) is 0 Å². The summed E-state index contributed by atoms with van der Waals surface area (Å²) in [7, 11) is 1.64. The van der Waals surface area contributed by atoms with Crippen LogP contribution in [0.1, 0.15) is 34.6 Å². The van der Waals surface area contributed by atoms with Crippen LogP contribution in [0.3, 0.4) is 0 Å². The highest BCUT2D eigenvalue weighted by Crippen LogP contribution is 2.30. The van der Waals surface area contributed by atoms with Gasteiger partial charge in [0.05, 0.1) is 18.2 Å². The zero-order chi connectivity index (χ0) is 19.1. The summed E-state index contributed by atoms with van der Waals surface area (Å²) >= 11 is 0. The first-order valence-electron chi connectivity index (χ1n) is 9.53. The molecule has 2 aromatic heterocycles. The van der Waals surface area contributed by atoms with Gasteiger partial charge in [0.2, 0.25) is 5.91 Å². The van der Waals surface area contributed by atoms with E-state index in [1.165, 1.54) is 0 Å². The molecule has 0 aliphatic carbocycles. The molecule has 7 nitrogen and oxygen atoms in total. The Morgan fingerprint density at radius 1 is 1.30 bits per heavy atom. The lowest BCUT2D eigenvalue weighted by molar-refractivity contribution is -0.140. The Balaban J connectivity index is 1.64. The minimum absolute atomic E-state index is 0.0397. The molecular formula is C20H26N4O3. The number of ether oxygens (including phenoxy) is 1. The van der Waals surface area contributed by atoms with Crippen LogP contribution in [0.2, 0.25) is 0 Å². The summed E-state index contributed by atoms with van der Waals surface area (Å²) in [6.45, 7) is 6.05. The number of rotatable bonds is 4. The smallest absolute Gasteiger partial charge is 0.272 e. The van der Waals surface area contributed by atoms with Gasteiger partial charge in [-0.2, -0.15) is 0 Å². The Morgan fingerprint density at radius 3 is 2.89 bits per heavy atom. The van der Waals surface area contributed by atoms with Crippen LogP contribution < -0.4 is 0 Å². The van der Waals surface area contributed by atoms with E-state index in [0.29, 0.717) is 31.9 Å². The zero-order valence-electron chi connectivity index (χ0n) is 16.1. The summed E-state index contributed by atoms with van der Waals surface area (Å²) in [5, 5.41) is 0. The normalized spacial score (nSPS) is 22.6. The van der Waals surface area contributed by atoms with Gasteiger partial charge < -0.3 is 14.5 Å². The zero-order valence-corrected chi connectivity index (χ0v) is 16.1. The number of hydrogen-bond donors (Lipinski definition) is 0. The van der Waals surface area contributed by atoms with Gasteiger partial charge in [-0.05, 0) is 44.4 Å². The summed E-state index contributed by atoms with van der Waals surface area (Å²) in [6.07, 6.45) is 3.69. The van der Waals surface area contributed by atoms with Crippen LogP contribution in [-0.4, -0.2) is 70.4 Å². The second kappa shape index (κ2) is 6.96. The van der Waals surface area contributed by atoms with E-state index < -0.39 is 0 Å². The van der Waals surface area contributed by atoms with E-state index in [1.54, 1.807) is 7.11 Å². The Hall–Kier alpha value is -2.41. The predicted molar refractivity (Wildman–Crippen MR) is 101 cm³/mol. The van der Waals surface area contributed by atoms with Gasteiger partial charge in [0.1, 0.15) is 11.3 Å². The second-order valence-corrected chi connectivity index (χ2v) is 7.64. The highest BCUT2D eigenvalue weighted by molar-refractivity contribution is 5.95. The molecule has 2 aromatic rings. The van der Waals surface area contributed by atoms with Crippen molar-refractivity contribution in [2.45, 2.75) is 32.7 Å². The largest absolute Gasteiger partial charge is 0.383 e. The first-order valence-corrected chi connectivity index (χ1v) is 9.53. The van der Waals surface area contributed by atoms with Crippen LogP contribution in [0.4, 0.5) is 0 Å². The van der Waals surface area contributed by atoms with Crippen LogP contribution in [-0.2, 0) is 9.53 Å². The lowest BCUT2D eigenvalue weighted by Gasteiger charge is -2.35. The SMILES string of the molecule is COCCN1C(=O)[C@H]2CC[C@@H]1CN(C(=O)c1c(C)nc3cc(C)ccn13)C2. The highest BCUT2D eigenvalue weighted by Gasteiger charge is 2.42. The number of nitrogens with zero attached hydrogens (tertiary/aromatic N) is 4. The molecule has 0 radical (unpaired) electrons. The number of imidazole rings is 1. The van der Waals surface area contributed by atoms with E-state index in [9.17, 15) is 9.59 Å². The Bertz CT molecular complexity index is 891. The summed E-state index contributed by atoms with van der Waals surface area (Å²) in [4.78, 5) is 34.5. The molecule has 0 spiro atoms. The number of piperidine rings is 1. The molecule has 3 fully saturated rings. The van der Waals surface area contributed by atoms with Crippen LogP contribution >= 0.6 is 0 Å². The van der Waals surface area contributed by atoms with Crippen molar-refractivity contribution >= 4 is 17.5 Å².